The molecule has 0 saturated carbocycles. The van der Waals surface area contributed by atoms with E-state index in [0.29, 0.717) is 30.0 Å². The Morgan fingerprint density at radius 2 is 1.49 bits per heavy atom. The number of likely N-dealkylation sites (N-methyl/N-ethyl adjacent to an activating group) is 1. The number of hydrogen-bond donors (Lipinski definition) is 9. The maximum atomic E-state index is 14.6. The van der Waals surface area contributed by atoms with Crippen LogP contribution in [0, 0.1) is 0 Å². The molecule has 0 spiro atoms. The van der Waals surface area contributed by atoms with Gasteiger partial charge in [0.05, 0.1) is 6.10 Å². The van der Waals surface area contributed by atoms with E-state index in [1.807, 2.05) is 12.1 Å². The molecule has 4 aromatic rings. The van der Waals surface area contributed by atoms with E-state index >= 15 is 0 Å². The molecule has 0 radical (unpaired) electrons. The highest BCUT2D eigenvalue weighted by molar-refractivity contribution is 6.30. The molecule has 4 aromatic carbocycles. The Balaban J connectivity index is 1.29. The zero-order chi connectivity index (χ0) is 48.7. The number of nitrogens with zero attached hydrogens (tertiary/aromatic N) is 2. The number of carbonyl (C=O) groups is 7. The van der Waals surface area contributed by atoms with Crippen molar-refractivity contribution in [3.05, 3.63) is 107 Å². The average molecular weight is 939 g/mol. The first-order valence-electron chi connectivity index (χ1n) is 21.9. The number of phenols is 2. The molecule has 0 aliphatic carbocycles. The first-order chi connectivity index (χ1) is 31.9. The second kappa shape index (κ2) is 21.5. The highest BCUT2D eigenvalue weighted by Gasteiger charge is 2.42. The number of carbonyl (C=O) groups excluding carboxylic acids is 7. The Bertz CT molecular complexity index is 2520. The molecule has 2 aliphatic rings. The van der Waals surface area contributed by atoms with Gasteiger partial charge in [0, 0.05) is 41.7 Å². The van der Waals surface area contributed by atoms with Crippen molar-refractivity contribution in [2.45, 2.75) is 88.3 Å². The number of aliphatic hydroxyl groups excluding tert-OH is 1. The number of nitrogens with two attached hydrogens (primary N) is 2. The molecule has 2 heterocycles. The maximum Gasteiger partial charge on any atom is 0.251 e. The van der Waals surface area contributed by atoms with Gasteiger partial charge >= 0.3 is 0 Å². The van der Waals surface area contributed by atoms with Crippen LogP contribution in [0.15, 0.2) is 84.9 Å². The van der Waals surface area contributed by atoms with Gasteiger partial charge in [-0.1, -0.05) is 48.0 Å². The number of phenolic OH excluding ortho intramolecular Hbond substituents is 2. The molecule has 11 N–H and O–H groups in total. The Labute approximate surface area is 392 Å². The van der Waals surface area contributed by atoms with Gasteiger partial charge in [-0.25, -0.2) is 0 Å². The fraction of sp³-hybridized carbons (Fsp3) is 0.354. The van der Waals surface area contributed by atoms with Crippen molar-refractivity contribution in [2.75, 3.05) is 20.1 Å². The summed E-state index contributed by atoms with van der Waals surface area (Å²) in [4.78, 5) is 98.4. The predicted octanol–water partition coefficient (Wildman–Crippen LogP) is 2.01. The monoisotopic (exact) mass is 938 g/mol. The topological polar surface area (TPSA) is 287 Å². The summed E-state index contributed by atoms with van der Waals surface area (Å²) < 4.78 is 0. The quantitative estimate of drug-likeness (QED) is 0.0875. The predicted molar refractivity (Wildman–Crippen MR) is 248 cm³/mol. The molecule has 1 fully saturated rings. The van der Waals surface area contributed by atoms with Gasteiger partial charge in [-0.2, -0.15) is 0 Å². The van der Waals surface area contributed by atoms with E-state index in [-0.39, 0.29) is 59.6 Å². The van der Waals surface area contributed by atoms with E-state index in [4.69, 9.17) is 23.1 Å². The zero-order valence-corrected chi connectivity index (χ0v) is 38.0. The van der Waals surface area contributed by atoms with Crippen LogP contribution in [0.25, 0.3) is 22.3 Å². The van der Waals surface area contributed by atoms with Crippen LogP contribution in [0.4, 0.5) is 0 Å². The van der Waals surface area contributed by atoms with Crippen molar-refractivity contribution in [2.24, 2.45) is 11.5 Å². The lowest BCUT2D eigenvalue weighted by atomic mass is 9.93. The first kappa shape index (κ1) is 49.4. The number of primary amides is 1. The van der Waals surface area contributed by atoms with Gasteiger partial charge in [0.1, 0.15) is 47.8 Å². The number of fused-ring (bicyclic) bond motifs is 5. The fourth-order valence-corrected chi connectivity index (χ4v) is 8.45. The van der Waals surface area contributed by atoms with Crippen molar-refractivity contribution in [3.63, 3.8) is 0 Å². The Morgan fingerprint density at radius 3 is 2.13 bits per heavy atom. The van der Waals surface area contributed by atoms with Crippen molar-refractivity contribution in [3.8, 4) is 33.8 Å². The summed E-state index contributed by atoms with van der Waals surface area (Å²) in [5.41, 5.74) is 14.0. The Kier molecular flexibility index (Phi) is 15.9. The van der Waals surface area contributed by atoms with Crippen molar-refractivity contribution in [1.82, 2.24) is 31.1 Å². The largest absolute Gasteiger partial charge is 0.507 e. The minimum Gasteiger partial charge on any atom is -0.507 e. The third-order valence-electron chi connectivity index (χ3n) is 12.0. The summed E-state index contributed by atoms with van der Waals surface area (Å²) in [7, 11) is 1.37. The zero-order valence-electron chi connectivity index (χ0n) is 37.2. The molecule has 7 amide bonds. The van der Waals surface area contributed by atoms with E-state index in [1.165, 1.54) is 57.3 Å². The summed E-state index contributed by atoms with van der Waals surface area (Å²) in [6.45, 7) is 3.09. The summed E-state index contributed by atoms with van der Waals surface area (Å²) in [6.07, 6.45) is -0.137. The van der Waals surface area contributed by atoms with E-state index in [1.54, 1.807) is 36.4 Å². The molecular weight excluding hydrogens is 884 g/mol. The number of unbranched alkanes of at least 4 members (excludes halogenated alkanes) is 1. The van der Waals surface area contributed by atoms with Gasteiger partial charge in [-0.05, 0) is 117 Å². The molecule has 18 nitrogen and oxygen atoms in total. The summed E-state index contributed by atoms with van der Waals surface area (Å²) in [5, 5.41) is 43.9. The second-order valence-corrected chi connectivity index (χ2v) is 17.3. The van der Waals surface area contributed by atoms with Crippen LogP contribution in [0.1, 0.15) is 67.1 Å². The summed E-state index contributed by atoms with van der Waals surface area (Å²) in [6, 6.07) is 14.6. The van der Waals surface area contributed by atoms with Gasteiger partial charge in [0.15, 0.2) is 0 Å². The minimum absolute atomic E-state index is 0.0156. The maximum absolute atomic E-state index is 14.6. The lowest BCUT2D eigenvalue weighted by Crippen LogP contribution is -2.58. The molecular formula is C48H55ClN8O10. The minimum atomic E-state index is -1.48. The highest BCUT2D eigenvalue weighted by atomic mass is 35.5. The number of aliphatic hydroxyl groups is 1. The van der Waals surface area contributed by atoms with Gasteiger partial charge in [0.2, 0.25) is 35.4 Å². The van der Waals surface area contributed by atoms with E-state index in [0.717, 1.165) is 20.9 Å². The van der Waals surface area contributed by atoms with Crippen LogP contribution in [-0.4, -0.2) is 123 Å². The van der Waals surface area contributed by atoms with E-state index < -0.39 is 83.7 Å². The van der Waals surface area contributed by atoms with E-state index in [2.05, 4.69) is 21.3 Å². The lowest BCUT2D eigenvalue weighted by molar-refractivity contribution is -0.142. The third-order valence-corrected chi connectivity index (χ3v) is 12.3. The van der Waals surface area contributed by atoms with Crippen LogP contribution < -0.4 is 32.7 Å². The van der Waals surface area contributed by atoms with Crippen LogP contribution in [0.3, 0.4) is 0 Å². The average Bonchev–Trinajstić information content (AvgIpc) is 3.70. The Morgan fingerprint density at radius 1 is 0.866 bits per heavy atom. The second-order valence-electron chi connectivity index (χ2n) is 16.8. The number of benzene rings is 4. The number of likely N-dealkylation sites (tertiary alicyclic amines) is 1. The number of nitrogens with one attached hydrogen (secondary N) is 4. The lowest BCUT2D eigenvalue weighted by Gasteiger charge is -2.32. The highest BCUT2D eigenvalue weighted by Crippen LogP contribution is 2.39. The molecule has 19 heteroatoms. The van der Waals surface area contributed by atoms with Crippen LogP contribution >= 0.6 is 11.6 Å². The van der Waals surface area contributed by atoms with Crippen LogP contribution in [0.2, 0.25) is 5.02 Å². The fourth-order valence-electron chi connectivity index (χ4n) is 8.33. The van der Waals surface area contributed by atoms with Crippen molar-refractivity contribution < 1.29 is 48.9 Å². The standard InChI is InChI=1S/C48H55ClN8O10/c1-25-43(62)55-36(45(64)53-26(2)47(66)57-21-19-39(60)41(57)42(51)61)23-27-7-17-37(58)33(22-27)34-24-31(14-18-38(34)59)40(46(65)52-25)56(3)48(67)35(6-4-5-20-50)54-44(63)30-10-8-28(9-11-30)29-12-15-32(49)16-13-29/h7-18,22,24-26,35-36,39-41,58-60H,4-6,19-21,23,50H2,1-3H3,(H2,51,61)(H,52,65)(H,53,64)(H,54,63)(H,55,62)/t25-,26-,35-,36-,39-,40-,41-/m0/s1. The number of halogens is 1. The number of amides is 7. The van der Waals surface area contributed by atoms with Crippen LogP contribution in [-0.2, 0) is 35.2 Å². The SMILES string of the molecule is C[C@@H]1NC(=O)[C@@H](N(C)C(=O)[C@H](CCCCN)NC(=O)c2ccc(-c3ccc(Cl)cc3)cc2)c2ccc(O)c(c2)-c2cc(ccc2O)C[C@@H](C(=O)N[C@@H](C)C(=O)N2CC[C@H](O)[C@H]2C(N)=O)NC1=O. The summed E-state index contributed by atoms with van der Waals surface area (Å²) in [5.74, 6) is -5.87. The molecule has 7 atom stereocenters. The Hall–Kier alpha value is -7.02. The molecule has 4 bridgehead atoms. The van der Waals surface area contributed by atoms with E-state index in [9.17, 15) is 48.9 Å². The van der Waals surface area contributed by atoms with Gasteiger partial charge in [-0.3, -0.25) is 33.6 Å². The smallest absolute Gasteiger partial charge is 0.251 e. The van der Waals surface area contributed by atoms with Gasteiger partial charge < -0.3 is 57.9 Å². The number of hydrogen-bond acceptors (Lipinski definition) is 11. The molecule has 354 valence electrons. The summed E-state index contributed by atoms with van der Waals surface area (Å²) >= 11 is 6.05. The van der Waals surface area contributed by atoms with Crippen LogP contribution in [0.5, 0.6) is 11.5 Å². The molecule has 0 unspecified atom stereocenters. The van der Waals surface area contributed by atoms with Gasteiger partial charge in [0.25, 0.3) is 5.91 Å². The molecule has 6 rings (SSSR count). The number of rotatable bonds is 13. The third kappa shape index (κ3) is 11.5. The molecule has 1 saturated heterocycles. The number of aromatic hydroxyl groups is 2. The molecule has 2 aliphatic heterocycles. The first-order valence-corrected chi connectivity index (χ1v) is 22.2. The van der Waals surface area contributed by atoms with Crippen molar-refractivity contribution >= 4 is 53.0 Å². The van der Waals surface area contributed by atoms with Gasteiger partial charge in [-0.15, -0.1) is 0 Å². The van der Waals surface area contributed by atoms with Crippen molar-refractivity contribution in [1.29, 1.82) is 0 Å². The molecule has 0 aromatic heterocycles. The normalized spacial score (nSPS) is 20.3. The molecule has 67 heavy (non-hydrogen) atoms.